The van der Waals surface area contributed by atoms with Crippen molar-refractivity contribution in [3.8, 4) is 0 Å². The maximum absolute atomic E-state index is 10.7. The minimum absolute atomic E-state index is 0.440. The number of anilines is 1. The molecule has 1 unspecified atom stereocenters. The summed E-state index contributed by atoms with van der Waals surface area (Å²) in [5.74, 6) is -0.232. The smallest absolute Gasteiger partial charge is 0.328 e. The Labute approximate surface area is 118 Å². The molecule has 19 heavy (non-hydrogen) atoms. The number of benzene rings is 1. The SMILES string of the molecule is CC(C1CC1)N(C)c1cccc(Cl)c1/C=C/C(=O)O. The molecule has 4 heteroatoms. The van der Waals surface area contributed by atoms with Gasteiger partial charge in [0.25, 0.3) is 0 Å². The zero-order valence-corrected chi connectivity index (χ0v) is 11.9. The number of carbonyl (C=O) groups is 1. The van der Waals surface area contributed by atoms with E-state index in [2.05, 4.69) is 11.8 Å². The van der Waals surface area contributed by atoms with E-state index in [9.17, 15) is 4.79 Å². The van der Waals surface area contributed by atoms with Crippen molar-refractivity contribution in [3.63, 3.8) is 0 Å². The maximum atomic E-state index is 10.7. The van der Waals surface area contributed by atoms with Crippen molar-refractivity contribution in [2.75, 3.05) is 11.9 Å². The normalized spacial score (nSPS) is 16.6. The van der Waals surface area contributed by atoms with Gasteiger partial charge >= 0.3 is 5.97 Å². The highest BCUT2D eigenvalue weighted by Crippen LogP contribution is 2.38. The van der Waals surface area contributed by atoms with E-state index < -0.39 is 5.97 Å². The van der Waals surface area contributed by atoms with Gasteiger partial charge in [-0.05, 0) is 43.9 Å². The molecule has 1 aliphatic carbocycles. The van der Waals surface area contributed by atoms with Gasteiger partial charge in [0.1, 0.15) is 0 Å². The number of carboxylic acids is 1. The van der Waals surface area contributed by atoms with Crippen molar-refractivity contribution in [2.24, 2.45) is 5.92 Å². The molecule has 1 fully saturated rings. The number of hydrogen-bond donors (Lipinski definition) is 1. The lowest BCUT2D eigenvalue weighted by molar-refractivity contribution is -0.131. The van der Waals surface area contributed by atoms with Gasteiger partial charge in [-0.25, -0.2) is 4.79 Å². The molecule has 0 aromatic heterocycles. The molecule has 1 atom stereocenters. The van der Waals surface area contributed by atoms with E-state index in [0.717, 1.165) is 23.2 Å². The number of hydrogen-bond acceptors (Lipinski definition) is 2. The highest BCUT2D eigenvalue weighted by Gasteiger charge is 2.31. The lowest BCUT2D eigenvalue weighted by atomic mass is 10.1. The average molecular weight is 280 g/mol. The van der Waals surface area contributed by atoms with Crippen LogP contribution >= 0.6 is 11.6 Å². The molecule has 1 aromatic carbocycles. The molecule has 0 radical (unpaired) electrons. The van der Waals surface area contributed by atoms with Crippen molar-refractivity contribution in [1.82, 2.24) is 0 Å². The Kier molecular flexibility index (Phi) is 4.15. The summed E-state index contributed by atoms with van der Waals surface area (Å²) in [6.07, 6.45) is 5.23. The fourth-order valence-electron chi connectivity index (χ4n) is 2.27. The minimum Gasteiger partial charge on any atom is -0.478 e. The van der Waals surface area contributed by atoms with Crippen molar-refractivity contribution in [3.05, 3.63) is 34.9 Å². The summed E-state index contributed by atoms with van der Waals surface area (Å²) in [6, 6.07) is 6.09. The predicted molar refractivity (Wildman–Crippen MR) is 78.7 cm³/mol. The van der Waals surface area contributed by atoms with E-state index in [4.69, 9.17) is 16.7 Å². The summed E-state index contributed by atoms with van der Waals surface area (Å²) >= 11 is 6.19. The van der Waals surface area contributed by atoms with Crippen LogP contribution in [0.4, 0.5) is 5.69 Å². The highest BCUT2D eigenvalue weighted by molar-refractivity contribution is 6.32. The predicted octanol–water partition coefficient (Wildman–Crippen LogP) is 3.67. The van der Waals surface area contributed by atoms with Crippen molar-refractivity contribution in [1.29, 1.82) is 0 Å². The summed E-state index contributed by atoms with van der Waals surface area (Å²) < 4.78 is 0. The van der Waals surface area contributed by atoms with Crippen molar-refractivity contribution in [2.45, 2.75) is 25.8 Å². The van der Waals surface area contributed by atoms with Crippen LogP contribution in [0, 0.1) is 5.92 Å². The van der Waals surface area contributed by atoms with Gasteiger partial charge in [-0.1, -0.05) is 17.7 Å². The molecule has 0 aliphatic heterocycles. The lowest BCUT2D eigenvalue weighted by Gasteiger charge is -2.29. The van der Waals surface area contributed by atoms with Gasteiger partial charge in [-0.2, -0.15) is 0 Å². The molecule has 0 amide bonds. The van der Waals surface area contributed by atoms with Crippen molar-refractivity contribution >= 4 is 29.3 Å². The average Bonchev–Trinajstić information content (AvgIpc) is 3.19. The fourth-order valence-corrected chi connectivity index (χ4v) is 2.50. The first-order valence-corrected chi connectivity index (χ1v) is 6.81. The number of halogens is 1. The Morgan fingerprint density at radius 2 is 2.21 bits per heavy atom. The number of carboxylic acid groups (broad SMARTS) is 1. The fraction of sp³-hybridized carbons (Fsp3) is 0.400. The molecule has 0 spiro atoms. The van der Waals surface area contributed by atoms with Gasteiger partial charge < -0.3 is 10.0 Å². The van der Waals surface area contributed by atoms with E-state index in [1.54, 1.807) is 12.1 Å². The summed E-state index contributed by atoms with van der Waals surface area (Å²) in [6.45, 7) is 2.20. The summed E-state index contributed by atoms with van der Waals surface area (Å²) in [5.41, 5.74) is 1.74. The van der Waals surface area contributed by atoms with Crippen LogP contribution < -0.4 is 4.90 Å². The topological polar surface area (TPSA) is 40.5 Å². The van der Waals surface area contributed by atoms with Crippen LogP contribution in [0.1, 0.15) is 25.3 Å². The highest BCUT2D eigenvalue weighted by atomic mass is 35.5. The molecule has 1 N–H and O–H groups in total. The van der Waals surface area contributed by atoms with Gasteiger partial charge in [0.05, 0.1) is 0 Å². The summed E-state index contributed by atoms with van der Waals surface area (Å²) in [7, 11) is 2.03. The zero-order valence-electron chi connectivity index (χ0n) is 11.1. The molecular formula is C15H18ClNO2. The Bertz CT molecular complexity index is 509. The second-order valence-electron chi connectivity index (χ2n) is 5.03. The molecule has 1 saturated carbocycles. The van der Waals surface area contributed by atoms with E-state index in [1.165, 1.54) is 12.8 Å². The van der Waals surface area contributed by atoms with Gasteiger partial charge in [0.15, 0.2) is 0 Å². The van der Waals surface area contributed by atoms with E-state index in [1.807, 2.05) is 19.2 Å². The summed E-state index contributed by atoms with van der Waals surface area (Å²) in [5, 5.41) is 9.33. The molecule has 102 valence electrons. The molecule has 0 bridgehead atoms. The van der Waals surface area contributed by atoms with Crippen molar-refractivity contribution < 1.29 is 9.90 Å². The van der Waals surface area contributed by atoms with Crippen LogP contribution in [0.5, 0.6) is 0 Å². The van der Waals surface area contributed by atoms with Crippen LogP contribution in [0.3, 0.4) is 0 Å². The second kappa shape index (κ2) is 5.66. The third-order valence-electron chi connectivity index (χ3n) is 3.72. The van der Waals surface area contributed by atoms with E-state index in [-0.39, 0.29) is 0 Å². The first-order valence-electron chi connectivity index (χ1n) is 6.43. The molecule has 1 aromatic rings. The third-order valence-corrected chi connectivity index (χ3v) is 4.05. The maximum Gasteiger partial charge on any atom is 0.328 e. The van der Waals surface area contributed by atoms with E-state index >= 15 is 0 Å². The lowest BCUT2D eigenvalue weighted by Crippen LogP contribution is -2.31. The van der Waals surface area contributed by atoms with Crippen LogP contribution in [0.25, 0.3) is 6.08 Å². The van der Waals surface area contributed by atoms with Crippen LogP contribution in [0.2, 0.25) is 5.02 Å². The van der Waals surface area contributed by atoms with Gasteiger partial charge in [0, 0.05) is 35.4 Å². The molecule has 0 saturated heterocycles. The van der Waals surface area contributed by atoms with Crippen LogP contribution in [-0.2, 0) is 4.79 Å². The van der Waals surface area contributed by atoms with Gasteiger partial charge in [-0.3, -0.25) is 0 Å². The number of rotatable bonds is 5. The number of nitrogens with zero attached hydrogens (tertiary/aromatic N) is 1. The molecule has 0 heterocycles. The minimum atomic E-state index is -0.969. The Morgan fingerprint density at radius 1 is 1.53 bits per heavy atom. The van der Waals surface area contributed by atoms with E-state index in [0.29, 0.717) is 11.1 Å². The molecule has 1 aliphatic rings. The molecule has 3 nitrogen and oxygen atoms in total. The Morgan fingerprint density at radius 3 is 2.79 bits per heavy atom. The standard InChI is InChI=1S/C15H18ClNO2/c1-10(11-6-7-11)17(2)14-5-3-4-13(16)12(14)8-9-15(18)19/h3-5,8-11H,6-7H2,1-2H3,(H,18,19)/b9-8+. The molecule has 2 rings (SSSR count). The first kappa shape index (κ1) is 13.9. The van der Waals surface area contributed by atoms with Gasteiger partial charge in [0.2, 0.25) is 0 Å². The Hall–Kier alpha value is -1.48. The largest absolute Gasteiger partial charge is 0.478 e. The summed E-state index contributed by atoms with van der Waals surface area (Å²) in [4.78, 5) is 12.9. The van der Waals surface area contributed by atoms with Crippen LogP contribution in [0.15, 0.2) is 24.3 Å². The first-order chi connectivity index (χ1) is 9.00. The molecular weight excluding hydrogens is 262 g/mol. The van der Waals surface area contributed by atoms with Gasteiger partial charge in [-0.15, -0.1) is 0 Å². The second-order valence-corrected chi connectivity index (χ2v) is 5.44. The number of aliphatic carboxylic acids is 1. The quantitative estimate of drug-likeness (QED) is 0.836. The third kappa shape index (κ3) is 3.29. The van der Waals surface area contributed by atoms with Crippen LogP contribution in [-0.4, -0.2) is 24.2 Å². The Balaban J connectivity index is 2.33. The monoisotopic (exact) mass is 279 g/mol. The zero-order chi connectivity index (χ0) is 14.0.